The second-order valence-electron chi connectivity index (χ2n) is 5.51. The van der Waals surface area contributed by atoms with E-state index in [4.69, 9.17) is 0 Å². The van der Waals surface area contributed by atoms with Gasteiger partial charge in [-0.1, -0.05) is 42.5 Å². The van der Waals surface area contributed by atoms with Crippen LogP contribution in [-0.2, 0) is 5.41 Å². The molecule has 1 aliphatic carbocycles. The normalized spacial score (nSPS) is 23.9. The SMILES string of the molecule is N#CC1(c2ccc([N+](=O)[O-])cc2)CC(c2ccccc2)C1. The number of nitriles is 1. The maximum atomic E-state index is 10.7. The number of benzene rings is 2. The maximum Gasteiger partial charge on any atom is 0.269 e. The van der Waals surface area contributed by atoms with Crippen LogP contribution in [0.3, 0.4) is 0 Å². The summed E-state index contributed by atoms with van der Waals surface area (Å²) in [5.74, 6) is 0.390. The number of nitro benzene ring substituents is 1. The number of hydrogen-bond acceptors (Lipinski definition) is 3. The standard InChI is InChI=1S/C17H14N2O2/c18-12-17(15-6-8-16(9-7-15)19(20)21)10-14(11-17)13-4-2-1-3-5-13/h1-9,14H,10-11H2. The van der Waals surface area contributed by atoms with Crippen LogP contribution in [0.1, 0.15) is 29.9 Å². The van der Waals surface area contributed by atoms with E-state index in [0.29, 0.717) is 5.92 Å². The Kier molecular flexibility index (Phi) is 3.19. The zero-order valence-electron chi connectivity index (χ0n) is 11.4. The van der Waals surface area contributed by atoms with Gasteiger partial charge in [0, 0.05) is 12.1 Å². The maximum absolute atomic E-state index is 10.7. The minimum atomic E-state index is -0.504. The zero-order chi connectivity index (χ0) is 14.9. The number of hydrogen-bond donors (Lipinski definition) is 0. The van der Waals surface area contributed by atoms with Gasteiger partial charge < -0.3 is 0 Å². The minimum absolute atomic E-state index is 0.0609. The van der Waals surface area contributed by atoms with Crippen LogP contribution in [-0.4, -0.2) is 4.92 Å². The molecule has 0 aliphatic heterocycles. The van der Waals surface area contributed by atoms with Crippen molar-refractivity contribution in [3.63, 3.8) is 0 Å². The fourth-order valence-electron chi connectivity index (χ4n) is 3.04. The number of nitro groups is 1. The summed E-state index contributed by atoms with van der Waals surface area (Å²) in [6, 6.07) is 19.0. The Balaban J connectivity index is 1.81. The van der Waals surface area contributed by atoms with Crippen LogP contribution in [0, 0.1) is 21.4 Å². The van der Waals surface area contributed by atoms with Crippen LogP contribution in [0.15, 0.2) is 54.6 Å². The van der Waals surface area contributed by atoms with E-state index in [2.05, 4.69) is 18.2 Å². The molecule has 21 heavy (non-hydrogen) atoms. The molecule has 2 aromatic rings. The monoisotopic (exact) mass is 278 g/mol. The predicted molar refractivity (Wildman–Crippen MR) is 78.8 cm³/mol. The van der Waals surface area contributed by atoms with Crippen molar-refractivity contribution in [2.24, 2.45) is 0 Å². The lowest BCUT2D eigenvalue weighted by Crippen LogP contribution is -2.38. The van der Waals surface area contributed by atoms with Gasteiger partial charge in [0.05, 0.1) is 16.4 Å². The van der Waals surface area contributed by atoms with Crippen molar-refractivity contribution in [2.75, 3.05) is 0 Å². The lowest BCUT2D eigenvalue weighted by atomic mass is 9.58. The van der Waals surface area contributed by atoms with Crippen LogP contribution in [0.25, 0.3) is 0 Å². The van der Waals surface area contributed by atoms with E-state index >= 15 is 0 Å². The predicted octanol–water partition coefficient (Wildman–Crippen LogP) is 3.93. The van der Waals surface area contributed by atoms with E-state index in [1.54, 1.807) is 12.1 Å². The Bertz CT molecular complexity index is 696. The number of rotatable bonds is 3. The molecule has 1 fully saturated rings. The van der Waals surface area contributed by atoms with E-state index in [-0.39, 0.29) is 5.69 Å². The van der Waals surface area contributed by atoms with Crippen molar-refractivity contribution in [1.29, 1.82) is 5.26 Å². The van der Waals surface area contributed by atoms with Gasteiger partial charge in [-0.05, 0) is 29.9 Å². The van der Waals surface area contributed by atoms with Gasteiger partial charge in [0.2, 0.25) is 0 Å². The van der Waals surface area contributed by atoms with Crippen molar-refractivity contribution in [3.05, 3.63) is 75.8 Å². The Morgan fingerprint density at radius 1 is 1.10 bits per heavy atom. The molecule has 0 atom stereocenters. The molecule has 0 heterocycles. The second kappa shape index (κ2) is 5.02. The van der Waals surface area contributed by atoms with Crippen molar-refractivity contribution in [1.82, 2.24) is 0 Å². The van der Waals surface area contributed by atoms with Gasteiger partial charge in [0.1, 0.15) is 0 Å². The van der Waals surface area contributed by atoms with Gasteiger partial charge >= 0.3 is 0 Å². The molecule has 104 valence electrons. The molecule has 0 radical (unpaired) electrons. The summed E-state index contributed by atoms with van der Waals surface area (Å²) in [7, 11) is 0. The molecule has 4 heteroatoms. The molecule has 0 N–H and O–H groups in total. The quantitative estimate of drug-likeness (QED) is 0.631. The number of nitrogens with zero attached hydrogens (tertiary/aromatic N) is 2. The van der Waals surface area contributed by atoms with Crippen LogP contribution in [0.5, 0.6) is 0 Å². The minimum Gasteiger partial charge on any atom is -0.258 e. The van der Waals surface area contributed by atoms with Gasteiger partial charge in [0.25, 0.3) is 5.69 Å². The van der Waals surface area contributed by atoms with E-state index in [1.807, 2.05) is 18.2 Å². The average molecular weight is 278 g/mol. The molecule has 0 saturated heterocycles. The first-order chi connectivity index (χ1) is 10.1. The zero-order valence-corrected chi connectivity index (χ0v) is 11.4. The van der Waals surface area contributed by atoms with Crippen LogP contribution in [0.4, 0.5) is 5.69 Å². The summed E-state index contributed by atoms with van der Waals surface area (Å²) in [6.45, 7) is 0. The molecule has 1 aliphatic rings. The largest absolute Gasteiger partial charge is 0.269 e. The smallest absolute Gasteiger partial charge is 0.258 e. The Labute approximate surface area is 122 Å². The van der Waals surface area contributed by atoms with Crippen molar-refractivity contribution < 1.29 is 4.92 Å². The summed E-state index contributed by atoms with van der Waals surface area (Å²) >= 11 is 0. The molecule has 0 bridgehead atoms. The molecule has 3 rings (SSSR count). The van der Waals surface area contributed by atoms with Gasteiger partial charge in [0.15, 0.2) is 0 Å². The molecule has 0 unspecified atom stereocenters. The van der Waals surface area contributed by atoms with Crippen molar-refractivity contribution in [2.45, 2.75) is 24.2 Å². The molecule has 0 aromatic heterocycles. The third-order valence-corrected chi connectivity index (χ3v) is 4.31. The second-order valence-corrected chi connectivity index (χ2v) is 5.51. The van der Waals surface area contributed by atoms with Gasteiger partial charge in [-0.3, -0.25) is 10.1 Å². The molecular formula is C17H14N2O2. The summed E-state index contributed by atoms with van der Waals surface area (Å²) in [5, 5.41) is 20.2. The van der Waals surface area contributed by atoms with Gasteiger partial charge in [-0.25, -0.2) is 0 Å². The van der Waals surface area contributed by atoms with E-state index < -0.39 is 10.3 Å². The number of non-ortho nitro benzene ring substituents is 1. The molecule has 1 saturated carbocycles. The molecule has 0 amide bonds. The van der Waals surface area contributed by atoms with E-state index in [1.165, 1.54) is 17.7 Å². The summed E-state index contributed by atoms with van der Waals surface area (Å²) in [5.41, 5.74) is 1.69. The highest BCUT2D eigenvalue weighted by molar-refractivity contribution is 5.44. The highest BCUT2D eigenvalue weighted by atomic mass is 16.6. The van der Waals surface area contributed by atoms with E-state index in [9.17, 15) is 15.4 Å². The van der Waals surface area contributed by atoms with Gasteiger partial charge in [-0.15, -0.1) is 0 Å². The average Bonchev–Trinajstić information content (AvgIpc) is 2.48. The molecule has 2 aromatic carbocycles. The third-order valence-electron chi connectivity index (χ3n) is 4.31. The van der Waals surface area contributed by atoms with Gasteiger partial charge in [-0.2, -0.15) is 5.26 Å². The summed E-state index contributed by atoms with van der Waals surface area (Å²) < 4.78 is 0. The Hall–Kier alpha value is -2.67. The topological polar surface area (TPSA) is 66.9 Å². The van der Waals surface area contributed by atoms with Crippen LogP contribution >= 0.6 is 0 Å². The van der Waals surface area contributed by atoms with E-state index in [0.717, 1.165) is 18.4 Å². The summed E-state index contributed by atoms with van der Waals surface area (Å²) in [6.07, 6.45) is 1.54. The Morgan fingerprint density at radius 3 is 2.24 bits per heavy atom. The van der Waals surface area contributed by atoms with Crippen LogP contribution in [0.2, 0.25) is 0 Å². The van der Waals surface area contributed by atoms with Crippen LogP contribution < -0.4 is 0 Å². The first-order valence-corrected chi connectivity index (χ1v) is 6.86. The fraction of sp³-hybridized carbons (Fsp3) is 0.235. The molecule has 4 nitrogen and oxygen atoms in total. The van der Waals surface area contributed by atoms with Crippen molar-refractivity contribution in [3.8, 4) is 6.07 Å². The summed E-state index contributed by atoms with van der Waals surface area (Å²) in [4.78, 5) is 10.3. The lowest BCUT2D eigenvalue weighted by molar-refractivity contribution is -0.384. The molecule has 0 spiro atoms. The highest BCUT2D eigenvalue weighted by Crippen LogP contribution is 2.52. The Morgan fingerprint density at radius 2 is 1.71 bits per heavy atom. The fourth-order valence-corrected chi connectivity index (χ4v) is 3.04. The first kappa shape index (κ1) is 13.3. The third kappa shape index (κ3) is 2.27. The molecular weight excluding hydrogens is 264 g/mol. The first-order valence-electron chi connectivity index (χ1n) is 6.86. The van der Waals surface area contributed by atoms with Crippen molar-refractivity contribution >= 4 is 5.69 Å². The highest BCUT2D eigenvalue weighted by Gasteiger charge is 2.46. The lowest BCUT2D eigenvalue weighted by Gasteiger charge is -2.43.